The number of H-pyrrole nitrogens is 1. The summed E-state index contributed by atoms with van der Waals surface area (Å²) in [5.41, 5.74) is 12.6. The summed E-state index contributed by atoms with van der Waals surface area (Å²) in [7, 11) is 0. The molecule has 2 aromatic heterocycles. The molecule has 0 saturated heterocycles. The molecule has 0 aliphatic carbocycles. The summed E-state index contributed by atoms with van der Waals surface area (Å²) in [4.78, 5) is 18.5. The Morgan fingerprint density at radius 1 is 1.12 bits per heavy atom. The van der Waals surface area contributed by atoms with Crippen LogP contribution in [0.1, 0.15) is 36.5 Å². The molecule has 0 spiro atoms. The summed E-state index contributed by atoms with van der Waals surface area (Å²) >= 11 is 0. The summed E-state index contributed by atoms with van der Waals surface area (Å²) < 4.78 is 10.4. The average molecular weight is 491 g/mol. The maximum atomic E-state index is 11.1. The molecule has 0 aliphatic rings. The fourth-order valence-corrected chi connectivity index (χ4v) is 3.72. The van der Waals surface area contributed by atoms with Crippen LogP contribution in [0.25, 0.3) is 22.0 Å². The first kappa shape index (κ1) is 26.4. The zero-order valence-corrected chi connectivity index (χ0v) is 20.4. The molecular weight excluding hydrogens is 463 g/mol. The second-order valence-electron chi connectivity index (χ2n) is 8.09. The predicted molar refractivity (Wildman–Crippen MR) is 134 cm³/mol. The second-order valence-corrected chi connectivity index (χ2v) is 8.09. The third-order valence-electron chi connectivity index (χ3n) is 5.15. The van der Waals surface area contributed by atoms with E-state index >= 15 is 0 Å². The van der Waals surface area contributed by atoms with Crippen molar-refractivity contribution in [3.8, 4) is 16.9 Å². The van der Waals surface area contributed by atoms with E-state index in [2.05, 4.69) is 59.7 Å². The van der Waals surface area contributed by atoms with Crippen molar-refractivity contribution in [2.75, 3.05) is 0 Å². The Bertz CT molecular complexity index is 1270. The predicted octanol–water partition coefficient (Wildman–Crippen LogP) is 4.97. The van der Waals surface area contributed by atoms with Gasteiger partial charge >= 0.3 is 5.76 Å². The third kappa shape index (κ3) is 5.93. The van der Waals surface area contributed by atoms with Gasteiger partial charge in [-0.25, -0.2) is 4.79 Å². The van der Waals surface area contributed by atoms with Crippen molar-refractivity contribution in [1.82, 2.24) is 15.1 Å². The quantitative estimate of drug-likeness (QED) is 0.378. The van der Waals surface area contributed by atoms with E-state index in [4.69, 9.17) is 15.5 Å². The van der Waals surface area contributed by atoms with Crippen LogP contribution in [0.2, 0.25) is 0 Å². The normalized spacial score (nSPS) is 10.7. The van der Waals surface area contributed by atoms with Gasteiger partial charge in [0.25, 0.3) is 0 Å². The number of benzene rings is 2. The van der Waals surface area contributed by atoms with E-state index in [1.165, 1.54) is 5.56 Å². The largest absolute Gasteiger partial charge is 0.486 e. The molecule has 4 aromatic rings. The van der Waals surface area contributed by atoms with Gasteiger partial charge in [-0.2, -0.15) is 0 Å². The van der Waals surface area contributed by atoms with Crippen molar-refractivity contribution >= 4 is 35.7 Å². The van der Waals surface area contributed by atoms with E-state index in [1.54, 1.807) is 0 Å². The zero-order chi connectivity index (χ0) is 22.0. The van der Waals surface area contributed by atoms with Crippen LogP contribution < -0.4 is 16.2 Å². The van der Waals surface area contributed by atoms with E-state index in [1.807, 2.05) is 18.2 Å². The molecule has 33 heavy (non-hydrogen) atoms. The van der Waals surface area contributed by atoms with Crippen LogP contribution in [0.4, 0.5) is 0 Å². The number of ether oxygens (including phenoxy) is 1. The van der Waals surface area contributed by atoms with Crippen LogP contribution in [0.15, 0.2) is 51.8 Å². The number of hydrogen-bond donors (Lipinski definition) is 2. The number of pyridine rings is 1. The third-order valence-corrected chi connectivity index (χ3v) is 5.15. The van der Waals surface area contributed by atoms with E-state index in [-0.39, 0.29) is 31.4 Å². The number of rotatable bonds is 7. The summed E-state index contributed by atoms with van der Waals surface area (Å²) in [5.74, 6) is 0.838. The lowest BCUT2D eigenvalue weighted by atomic mass is 9.91. The van der Waals surface area contributed by atoms with E-state index in [0.717, 1.165) is 39.7 Å². The number of nitrogens with two attached hydrogens (primary N) is 1. The van der Waals surface area contributed by atoms with Gasteiger partial charge in [0.1, 0.15) is 12.4 Å². The van der Waals surface area contributed by atoms with Crippen molar-refractivity contribution in [2.24, 2.45) is 11.7 Å². The molecule has 0 atom stereocenters. The highest BCUT2D eigenvalue weighted by atomic mass is 35.5. The van der Waals surface area contributed by atoms with Gasteiger partial charge in [0, 0.05) is 17.6 Å². The number of aromatic amines is 1. The van der Waals surface area contributed by atoms with Crippen molar-refractivity contribution in [2.45, 2.75) is 40.3 Å². The van der Waals surface area contributed by atoms with Gasteiger partial charge in [-0.3, -0.25) is 14.5 Å². The minimum atomic E-state index is -0.603. The fraction of sp³-hybridized carbons (Fsp3) is 0.292. The van der Waals surface area contributed by atoms with E-state index in [0.29, 0.717) is 24.0 Å². The van der Waals surface area contributed by atoms with Crippen LogP contribution in [-0.2, 0) is 19.6 Å². The van der Waals surface area contributed by atoms with Crippen molar-refractivity contribution < 1.29 is 9.26 Å². The maximum absolute atomic E-state index is 11.1. The lowest BCUT2D eigenvalue weighted by Crippen LogP contribution is -2.10. The van der Waals surface area contributed by atoms with Crippen LogP contribution >= 0.6 is 24.8 Å². The number of hydrogen-bond acceptors (Lipinski definition) is 6. The number of halogens is 2. The Hall–Kier alpha value is -2.87. The van der Waals surface area contributed by atoms with E-state index in [9.17, 15) is 4.79 Å². The molecule has 9 heteroatoms. The molecule has 2 heterocycles. The Kier molecular flexibility index (Phi) is 9.05. The number of fused-ring (bicyclic) bond motifs is 1. The molecule has 4 rings (SSSR count). The molecule has 0 aliphatic heterocycles. The Labute approximate surface area is 204 Å². The van der Waals surface area contributed by atoms with Gasteiger partial charge < -0.3 is 10.5 Å². The lowest BCUT2D eigenvalue weighted by Gasteiger charge is -2.18. The molecule has 0 radical (unpaired) electrons. The molecule has 0 amide bonds. The monoisotopic (exact) mass is 490 g/mol. The lowest BCUT2D eigenvalue weighted by molar-refractivity contribution is 0.285. The van der Waals surface area contributed by atoms with Gasteiger partial charge in [-0.15, -0.1) is 24.8 Å². The highest BCUT2D eigenvalue weighted by Gasteiger charge is 2.17. The van der Waals surface area contributed by atoms with Crippen LogP contribution in [-0.4, -0.2) is 15.1 Å². The number of aryl methyl sites for hydroxylation is 1. The van der Waals surface area contributed by atoms with Crippen LogP contribution in [0.3, 0.4) is 0 Å². The molecule has 7 nitrogen and oxygen atoms in total. The highest BCUT2D eigenvalue weighted by molar-refractivity contribution is 5.97. The topological polar surface area (TPSA) is 107 Å². The second kappa shape index (κ2) is 11.3. The SMILES string of the molecule is Cc1ccc(-c2c(CN)c(CC(C)C)nc3ccc(OCc4noc(=O)[nH]4)cc23)cc1.Cl.Cl. The molecule has 3 N–H and O–H groups in total. The van der Waals surface area contributed by atoms with Gasteiger partial charge in [-0.05, 0) is 54.2 Å². The minimum absolute atomic E-state index is 0. The smallest absolute Gasteiger partial charge is 0.439 e. The summed E-state index contributed by atoms with van der Waals surface area (Å²) in [6.45, 7) is 6.94. The van der Waals surface area contributed by atoms with Gasteiger partial charge in [-0.1, -0.05) is 48.8 Å². The Morgan fingerprint density at radius 2 is 1.85 bits per heavy atom. The molecule has 0 bridgehead atoms. The molecule has 0 saturated carbocycles. The Morgan fingerprint density at radius 3 is 2.45 bits per heavy atom. The standard InChI is InChI=1S/C24H26N4O3.2ClH/c1-14(2)10-21-19(12-25)23(16-6-4-15(3)5-7-16)18-11-17(8-9-20(18)26-21)30-13-22-27-24(29)31-28-22;;/h4-9,11,14H,10,12-13,25H2,1-3H3,(H,27,28,29);2*1H. The van der Waals surface area contributed by atoms with Crippen molar-refractivity contribution in [3.05, 3.63) is 75.7 Å². The Balaban J connectivity index is 0.00000193. The highest BCUT2D eigenvalue weighted by Crippen LogP contribution is 2.36. The molecule has 0 unspecified atom stereocenters. The molecule has 0 fully saturated rings. The fourth-order valence-electron chi connectivity index (χ4n) is 3.72. The van der Waals surface area contributed by atoms with Crippen molar-refractivity contribution in [3.63, 3.8) is 0 Å². The van der Waals surface area contributed by atoms with Gasteiger partial charge in [0.05, 0.1) is 5.52 Å². The summed E-state index contributed by atoms with van der Waals surface area (Å²) in [6.07, 6.45) is 0.860. The molecule has 176 valence electrons. The average Bonchev–Trinajstić information content (AvgIpc) is 3.17. The van der Waals surface area contributed by atoms with Gasteiger partial charge in [0.2, 0.25) is 0 Å². The first-order chi connectivity index (χ1) is 14.9. The number of nitrogens with one attached hydrogen (secondary N) is 1. The van der Waals surface area contributed by atoms with Crippen LogP contribution in [0.5, 0.6) is 5.75 Å². The molecular formula is C24H28Cl2N4O3. The zero-order valence-electron chi connectivity index (χ0n) is 18.8. The minimum Gasteiger partial charge on any atom is -0.486 e. The summed E-state index contributed by atoms with van der Waals surface area (Å²) in [5, 5.41) is 4.61. The summed E-state index contributed by atoms with van der Waals surface area (Å²) in [6, 6.07) is 14.2. The van der Waals surface area contributed by atoms with Crippen LogP contribution in [0, 0.1) is 12.8 Å². The maximum Gasteiger partial charge on any atom is 0.439 e. The first-order valence-electron chi connectivity index (χ1n) is 10.3. The van der Waals surface area contributed by atoms with Crippen molar-refractivity contribution in [1.29, 1.82) is 0 Å². The first-order valence-corrected chi connectivity index (χ1v) is 10.3. The molecule has 2 aromatic carbocycles. The number of nitrogens with zero attached hydrogens (tertiary/aromatic N) is 2. The van der Waals surface area contributed by atoms with Gasteiger partial charge in [0.15, 0.2) is 5.82 Å². The number of aromatic nitrogens is 3. The van der Waals surface area contributed by atoms with E-state index < -0.39 is 5.76 Å².